The van der Waals surface area contributed by atoms with Crippen molar-refractivity contribution in [3.63, 3.8) is 0 Å². The van der Waals surface area contributed by atoms with E-state index in [0.29, 0.717) is 17.3 Å². The first kappa shape index (κ1) is 28.5. The van der Waals surface area contributed by atoms with E-state index in [-0.39, 0.29) is 5.41 Å². The Morgan fingerprint density at radius 1 is 0.489 bits per heavy atom. The fraction of sp³-hybridized carbons (Fsp3) is 0.0976. The molecule has 47 heavy (non-hydrogen) atoms. The molecule has 0 atom stereocenters. The fourth-order valence-corrected chi connectivity index (χ4v) is 6.16. The number of hydrogen-bond donors (Lipinski definition) is 0. The maximum Gasteiger partial charge on any atom is 0.187 e. The first-order valence-electron chi connectivity index (χ1n) is 15.8. The summed E-state index contributed by atoms with van der Waals surface area (Å²) in [7, 11) is 0. The SMILES string of the molecule is CC(C)(C)c1ccc(-n2c(-c3cccc(-c4ccccn4)n3)nnc2-c2cccc(-c3cc4ccccc4c4ccccc34)n2)cc1. The molecule has 0 amide bonds. The van der Waals surface area contributed by atoms with Crippen LogP contribution in [0.25, 0.3) is 72.9 Å². The summed E-state index contributed by atoms with van der Waals surface area (Å²) < 4.78 is 2.06. The van der Waals surface area contributed by atoms with Gasteiger partial charge in [-0.3, -0.25) is 9.55 Å². The van der Waals surface area contributed by atoms with E-state index >= 15 is 0 Å². The van der Waals surface area contributed by atoms with Crippen LogP contribution in [0, 0.1) is 0 Å². The second-order valence-corrected chi connectivity index (χ2v) is 12.7. The molecule has 0 unspecified atom stereocenters. The molecule has 8 aromatic rings. The molecule has 0 aliphatic rings. The van der Waals surface area contributed by atoms with E-state index in [0.717, 1.165) is 39.4 Å². The predicted molar refractivity (Wildman–Crippen MR) is 190 cm³/mol. The number of benzene rings is 4. The molecule has 0 radical (unpaired) electrons. The van der Waals surface area contributed by atoms with Gasteiger partial charge >= 0.3 is 0 Å². The van der Waals surface area contributed by atoms with Crippen molar-refractivity contribution in [3.05, 3.63) is 145 Å². The summed E-state index contributed by atoms with van der Waals surface area (Å²) in [5.74, 6) is 1.27. The minimum atomic E-state index is 0.0223. The Morgan fingerprint density at radius 2 is 1.06 bits per heavy atom. The highest BCUT2D eigenvalue weighted by Gasteiger charge is 2.22. The highest BCUT2D eigenvalue weighted by Crippen LogP contribution is 2.36. The standard InChI is InChI=1S/C41H32N6/c1-41(2,3)28-21-23-29(24-22-28)47-39(45-46-40(47)38-20-11-18-36(44-38)35-16-8-9-25-42-35)37-19-10-17-34(43-37)33-26-27-12-4-5-13-30(27)31-14-6-7-15-32(31)33/h4-26H,1-3H3. The second kappa shape index (κ2) is 11.4. The third kappa shape index (κ3) is 5.24. The molecule has 4 aromatic heterocycles. The maximum absolute atomic E-state index is 5.23. The number of pyridine rings is 3. The number of hydrogen-bond acceptors (Lipinski definition) is 5. The molecule has 0 bridgehead atoms. The van der Waals surface area contributed by atoms with Crippen molar-refractivity contribution >= 4 is 21.5 Å². The van der Waals surface area contributed by atoms with Crippen LogP contribution in [-0.2, 0) is 5.41 Å². The smallest absolute Gasteiger partial charge is 0.187 e. The molecular formula is C41H32N6. The topological polar surface area (TPSA) is 69.4 Å². The average molecular weight is 609 g/mol. The van der Waals surface area contributed by atoms with Crippen molar-refractivity contribution in [2.75, 3.05) is 0 Å². The van der Waals surface area contributed by atoms with E-state index < -0.39 is 0 Å². The van der Waals surface area contributed by atoms with Crippen LogP contribution in [0.3, 0.4) is 0 Å². The molecule has 0 N–H and O–H groups in total. The van der Waals surface area contributed by atoms with E-state index in [1.54, 1.807) is 6.20 Å². The van der Waals surface area contributed by atoms with E-state index in [4.69, 9.17) is 20.2 Å². The summed E-state index contributed by atoms with van der Waals surface area (Å²) in [6.07, 6.45) is 1.78. The van der Waals surface area contributed by atoms with Crippen LogP contribution in [0.15, 0.2) is 140 Å². The Balaban J connectivity index is 1.31. The zero-order valence-electron chi connectivity index (χ0n) is 26.5. The first-order chi connectivity index (χ1) is 22.9. The van der Waals surface area contributed by atoms with E-state index in [1.807, 2.05) is 48.5 Å². The van der Waals surface area contributed by atoms with Gasteiger partial charge in [-0.1, -0.05) is 99.6 Å². The normalized spacial score (nSPS) is 11.7. The zero-order chi connectivity index (χ0) is 32.0. The van der Waals surface area contributed by atoms with E-state index in [9.17, 15) is 0 Å². The monoisotopic (exact) mass is 608 g/mol. The van der Waals surface area contributed by atoms with Crippen molar-refractivity contribution in [1.82, 2.24) is 29.7 Å². The highest BCUT2D eigenvalue weighted by atomic mass is 15.3. The van der Waals surface area contributed by atoms with Gasteiger partial charge in [0.15, 0.2) is 11.6 Å². The van der Waals surface area contributed by atoms with Gasteiger partial charge in [-0.15, -0.1) is 10.2 Å². The lowest BCUT2D eigenvalue weighted by Gasteiger charge is -2.20. The quantitative estimate of drug-likeness (QED) is 0.182. The van der Waals surface area contributed by atoms with Crippen LogP contribution in [0.4, 0.5) is 0 Å². The minimum absolute atomic E-state index is 0.0223. The molecule has 0 fully saturated rings. The van der Waals surface area contributed by atoms with Gasteiger partial charge in [-0.05, 0) is 87.1 Å². The van der Waals surface area contributed by atoms with Crippen LogP contribution in [0.2, 0.25) is 0 Å². The summed E-state index contributed by atoms with van der Waals surface area (Å²) in [6, 6.07) is 45.7. The molecule has 0 aliphatic heterocycles. The lowest BCUT2D eigenvalue weighted by Crippen LogP contribution is -2.11. The van der Waals surface area contributed by atoms with E-state index in [1.165, 1.54) is 21.7 Å². The Hall–Kier alpha value is -6.01. The summed E-state index contributed by atoms with van der Waals surface area (Å²) in [5, 5.41) is 14.3. The van der Waals surface area contributed by atoms with Gasteiger partial charge in [0.25, 0.3) is 0 Å². The van der Waals surface area contributed by atoms with Crippen molar-refractivity contribution in [2.24, 2.45) is 0 Å². The molecule has 4 aromatic carbocycles. The number of fused-ring (bicyclic) bond motifs is 3. The molecule has 4 heterocycles. The van der Waals surface area contributed by atoms with Gasteiger partial charge < -0.3 is 0 Å². The minimum Gasteiger partial charge on any atom is -0.272 e. The molecule has 0 saturated carbocycles. The Bertz CT molecular complexity index is 2390. The predicted octanol–water partition coefficient (Wildman–Crippen LogP) is 9.72. The molecule has 0 saturated heterocycles. The summed E-state index contributed by atoms with van der Waals surface area (Å²) >= 11 is 0. The molecule has 6 nitrogen and oxygen atoms in total. The van der Waals surface area contributed by atoms with Gasteiger partial charge in [-0.25, -0.2) is 9.97 Å². The highest BCUT2D eigenvalue weighted by molar-refractivity contribution is 6.13. The second-order valence-electron chi connectivity index (χ2n) is 12.7. The zero-order valence-corrected chi connectivity index (χ0v) is 26.5. The molecule has 0 spiro atoms. The summed E-state index contributed by atoms with van der Waals surface area (Å²) in [6.45, 7) is 6.66. The number of nitrogens with zero attached hydrogens (tertiary/aromatic N) is 6. The van der Waals surface area contributed by atoms with Crippen LogP contribution in [-0.4, -0.2) is 29.7 Å². The molecule has 6 heteroatoms. The van der Waals surface area contributed by atoms with Crippen molar-refractivity contribution in [2.45, 2.75) is 26.2 Å². The first-order valence-corrected chi connectivity index (χ1v) is 15.8. The van der Waals surface area contributed by atoms with E-state index in [2.05, 4.69) is 115 Å². The lowest BCUT2D eigenvalue weighted by molar-refractivity contribution is 0.590. The molecule has 226 valence electrons. The largest absolute Gasteiger partial charge is 0.272 e. The van der Waals surface area contributed by atoms with Gasteiger partial charge in [0.2, 0.25) is 0 Å². The third-order valence-electron chi connectivity index (χ3n) is 8.58. The van der Waals surface area contributed by atoms with Crippen LogP contribution < -0.4 is 0 Å². The Morgan fingerprint density at radius 3 is 1.74 bits per heavy atom. The Kier molecular flexibility index (Phi) is 6.91. The fourth-order valence-electron chi connectivity index (χ4n) is 6.16. The van der Waals surface area contributed by atoms with Gasteiger partial charge in [0.05, 0.1) is 17.1 Å². The molecule has 8 rings (SSSR count). The van der Waals surface area contributed by atoms with Gasteiger partial charge in [-0.2, -0.15) is 0 Å². The molecular weight excluding hydrogens is 576 g/mol. The van der Waals surface area contributed by atoms with Crippen LogP contribution in [0.5, 0.6) is 0 Å². The summed E-state index contributed by atoms with van der Waals surface area (Å²) in [5.41, 5.74) is 7.14. The van der Waals surface area contributed by atoms with Crippen LogP contribution in [0.1, 0.15) is 26.3 Å². The summed E-state index contributed by atoms with van der Waals surface area (Å²) in [4.78, 5) is 14.7. The van der Waals surface area contributed by atoms with Gasteiger partial charge in [0, 0.05) is 17.4 Å². The number of rotatable bonds is 5. The van der Waals surface area contributed by atoms with Crippen LogP contribution >= 0.6 is 0 Å². The molecule has 0 aliphatic carbocycles. The average Bonchev–Trinajstić information content (AvgIpc) is 3.57. The van der Waals surface area contributed by atoms with Crippen molar-refractivity contribution in [3.8, 4) is 51.4 Å². The van der Waals surface area contributed by atoms with Crippen molar-refractivity contribution < 1.29 is 0 Å². The lowest BCUT2D eigenvalue weighted by atomic mass is 9.87. The third-order valence-corrected chi connectivity index (χ3v) is 8.58. The Labute approximate surface area is 273 Å². The number of aromatic nitrogens is 6. The maximum atomic E-state index is 5.23. The van der Waals surface area contributed by atoms with Crippen molar-refractivity contribution in [1.29, 1.82) is 0 Å². The van der Waals surface area contributed by atoms with Gasteiger partial charge in [0.1, 0.15) is 11.4 Å².